The molecule has 4 rings (SSSR count). The molecule has 0 atom stereocenters. The van der Waals surface area contributed by atoms with Crippen molar-refractivity contribution in [3.05, 3.63) is 97.5 Å². The molecule has 188 valence electrons. The first-order valence-electron chi connectivity index (χ1n) is 10.6. The maximum absolute atomic E-state index is 13.1. The maximum atomic E-state index is 13.1. The van der Waals surface area contributed by atoms with Gasteiger partial charge in [-0.25, -0.2) is 9.69 Å². The fraction of sp³-hybridized carbons (Fsp3) is 0.0800. The molecule has 0 radical (unpaired) electrons. The summed E-state index contributed by atoms with van der Waals surface area (Å²) in [7, 11) is 1.41. The van der Waals surface area contributed by atoms with Crippen molar-refractivity contribution in [2.45, 2.75) is 6.61 Å². The second-order valence-electron chi connectivity index (χ2n) is 7.68. The number of nitro groups is 1. The van der Waals surface area contributed by atoms with Crippen molar-refractivity contribution >= 4 is 58.5 Å². The number of nitro benzene ring substituents is 1. The number of methoxy groups -OCH3 is 1. The van der Waals surface area contributed by atoms with Crippen molar-refractivity contribution in [2.24, 2.45) is 0 Å². The van der Waals surface area contributed by atoms with Crippen molar-refractivity contribution in [3.63, 3.8) is 0 Å². The van der Waals surface area contributed by atoms with Gasteiger partial charge in [-0.3, -0.25) is 25.0 Å². The van der Waals surface area contributed by atoms with Crippen LogP contribution >= 0.6 is 23.2 Å². The average Bonchev–Trinajstić information content (AvgIpc) is 2.87. The fourth-order valence-electron chi connectivity index (χ4n) is 3.50. The van der Waals surface area contributed by atoms with Gasteiger partial charge in [0.1, 0.15) is 12.2 Å². The zero-order chi connectivity index (χ0) is 26.7. The Hall–Kier alpha value is -4.41. The van der Waals surface area contributed by atoms with Gasteiger partial charge in [0.05, 0.1) is 27.8 Å². The smallest absolute Gasteiger partial charge is 0.335 e. The molecule has 0 bridgehead atoms. The number of benzene rings is 3. The summed E-state index contributed by atoms with van der Waals surface area (Å²) in [6.07, 6.45) is 1.31. The van der Waals surface area contributed by atoms with Gasteiger partial charge in [0.2, 0.25) is 0 Å². The topological polar surface area (TPSA) is 128 Å². The predicted molar refractivity (Wildman–Crippen MR) is 136 cm³/mol. The summed E-state index contributed by atoms with van der Waals surface area (Å²) in [5.41, 5.74) is 0.787. The van der Waals surface area contributed by atoms with Gasteiger partial charge in [0.15, 0.2) is 11.5 Å². The number of hydrogen-bond donors (Lipinski definition) is 1. The number of imide groups is 2. The van der Waals surface area contributed by atoms with Gasteiger partial charge in [-0.2, -0.15) is 0 Å². The Morgan fingerprint density at radius 3 is 2.49 bits per heavy atom. The third-order valence-corrected chi connectivity index (χ3v) is 6.02. The molecule has 0 saturated carbocycles. The van der Waals surface area contributed by atoms with Crippen LogP contribution in [0.5, 0.6) is 11.5 Å². The van der Waals surface area contributed by atoms with Crippen LogP contribution in [0.2, 0.25) is 10.0 Å². The van der Waals surface area contributed by atoms with Crippen LogP contribution in [0, 0.1) is 10.1 Å². The Kier molecular flexibility index (Phi) is 7.42. The number of halogens is 2. The highest BCUT2D eigenvalue weighted by Gasteiger charge is 2.37. The monoisotopic (exact) mass is 541 g/mol. The summed E-state index contributed by atoms with van der Waals surface area (Å²) in [5, 5.41) is 13.5. The van der Waals surface area contributed by atoms with Gasteiger partial charge in [0.25, 0.3) is 17.5 Å². The van der Waals surface area contributed by atoms with Crippen molar-refractivity contribution < 1.29 is 28.8 Å². The number of amides is 4. The Morgan fingerprint density at radius 1 is 1.00 bits per heavy atom. The van der Waals surface area contributed by atoms with E-state index in [1.54, 1.807) is 24.3 Å². The van der Waals surface area contributed by atoms with Crippen LogP contribution < -0.4 is 19.7 Å². The first-order chi connectivity index (χ1) is 17.7. The minimum absolute atomic E-state index is 0.0418. The molecule has 3 aromatic rings. The van der Waals surface area contributed by atoms with Crippen LogP contribution in [0.15, 0.2) is 66.2 Å². The standard InChI is InChI=1S/C25H17Cl2N3O7/c1-36-22-11-14(5-8-21(22)37-13-15-3-2-4-17(9-15)30(34)35)10-18-23(31)28-25(33)29(24(18)32)16-6-7-19(26)20(27)12-16/h2-12H,13H2,1H3,(H,28,31,33)/b18-10+. The molecular weight excluding hydrogens is 525 g/mol. The van der Waals surface area contributed by atoms with Gasteiger partial charge in [-0.05, 0) is 47.5 Å². The van der Waals surface area contributed by atoms with E-state index in [0.29, 0.717) is 22.6 Å². The van der Waals surface area contributed by atoms with Crippen molar-refractivity contribution in [1.29, 1.82) is 0 Å². The fourth-order valence-corrected chi connectivity index (χ4v) is 3.79. The Morgan fingerprint density at radius 2 is 1.78 bits per heavy atom. The van der Waals surface area contributed by atoms with Crippen molar-refractivity contribution in [1.82, 2.24) is 5.32 Å². The molecule has 1 fully saturated rings. The minimum Gasteiger partial charge on any atom is -0.493 e. The van der Waals surface area contributed by atoms with E-state index < -0.39 is 22.8 Å². The van der Waals surface area contributed by atoms with E-state index in [1.807, 2.05) is 0 Å². The lowest BCUT2D eigenvalue weighted by Crippen LogP contribution is -2.54. The molecule has 1 aliphatic heterocycles. The Balaban J connectivity index is 1.58. The summed E-state index contributed by atoms with van der Waals surface area (Å²) in [6.45, 7) is 0.0418. The third-order valence-electron chi connectivity index (χ3n) is 5.28. The number of carbonyl (C=O) groups excluding carboxylic acids is 3. The van der Waals surface area contributed by atoms with Gasteiger partial charge >= 0.3 is 6.03 Å². The highest BCUT2D eigenvalue weighted by Crippen LogP contribution is 2.32. The third kappa shape index (κ3) is 5.55. The number of urea groups is 1. The molecule has 10 nitrogen and oxygen atoms in total. The van der Waals surface area contributed by atoms with Crippen LogP contribution in [0.1, 0.15) is 11.1 Å². The quantitative estimate of drug-likeness (QED) is 0.189. The van der Waals surface area contributed by atoms with E-state index in [-0.39, 0.29) is 33.6 Å². The number of hydrogen-bond acceptors (Lipinski definition) is 7. The number of anilines is 1. The molecule has 0 aliphatic carbocycles. The van der Waals surface area contributed by atoms with E-state index in [9.17, 15) is 24.5 Å². The van der Waals surface area contributed by atoms with Gasteiger partial charge in [-0.15, -0.1) is 0 Å². The lowest BCUT2D eigenvalue weighted by molar-refractivity contribution is -0.384. The minimum atomic E-state index is -0.923. The zero-order valence-electron chi connectivity index (χ0n) is 19.1. The molecule has 12 heteroatoms. The number of barbiturate groups is 1. The molecule has 1 heterocycles. The average molecular weight is 542 g/mol. The Labute approximate surface area is 220 Å². The van der Waals surface area contributed by atoms with E-state index in [1.165, 1.54) is 49.6 Å². The van der Waals surface area contributed by atoms with Crippen LogP contribution in [-0.2, 0) is 16.2 Å². The SMILES string of the molecule is COc1cc(/C=C2\C(=O)NC(=O)N(c3ccc(Cl)c(Cl)c3)C2=O)ccc1OCc1cccc([N+](=O)[O-])c1. The van der Waals surface area contributed by atoms with Crippen LogP contribution in [0.25, 0.3) is 6.08 Å². The highest BCUT2D eigenvalue weighted by atomic mass is 35.5. The highest BCUT2D eigenvalue weighted by molar-refractivity contribution is 6.43. The van der Waals surface area contributed by atoms with Gasteiger partial charge in [0, 0.05) is 12.1 Å². The molecule has 4 amide bonds. The first-order valence-corrected chi connectivity index (χ1v) is 11.3. The van der Waals surface area contributed by atoms with Gasteiger partial charge < -0.3 is 9.47 Å². The summed E-state index contributed by atoms with van der Waals surface area (Å²) in [4.78, 5) is 49.2. The number of carbonyl (C=O) groups is 3. The molecular formula is C25H17Cl2N3O7. The number of ether oxygens (including phenoxy) is 2. The summed E-state index contributed by atoms with van der Waals surface area (Å²) >= 11 is 11.9. The predicted octanol–water partition coefficient (Wildman–Crippen LogP) is 5.16. The zero-order valence-corrected chi connectivity index (χ0v) is 20.6. The molecule has 0 aromatic heterocycles. The summed E-state index contributed by atoms with van der Waals surface area (Å²) in [5.74, 6) is -1.09. The molecule has 1 aliphatic rings. The van der Waals surface area contributed by atoms with Crippen molar-refractivity contribution in [3.8, 4) is 11.5 Å². The van der Waals surface area contributed by atoms with Crippen LogP contribution in [0.4, 0.5) is 16.2 Å². The Bertz CT molecular complexity index is 1470. The molecule has 1 N–H and O–H groups in total. The van der Waals surface area contributed by atoms with E-state index in [2.05, 4.69) is 5.32 Å². The molecule has 1 saturated heterocycles. The first kappa shape index (κ1) is 25.7. The maximum Gasteiger partial charge on any atom is 0.335 e. The van der Waals surface area contributed by atoms with Crippen LogP contribution in [0.3, 0.4) is 0 Å². The van der Waals surface area contributed by atoms with E-state index in [4.69, 9.17) is 32.7 Å². The molecule has 3 aromatic carbocycles. The largest absolute Gasteiger partial charge is 0.493 e. The second-order valence-corrected chi connectivity index (χ2v) is 8.50. The molecule has 0 unspecified atom stereocenters. The van der Waals surface area contributed by atoms with Gasteiger partial charge in [-0.1, -0.05) is 41.4 Å². The lowest BCUT2D eigenvalue weighted by atomic mass is 10.1. The number of nitrogens with zero attached hydrogens (tertiary/aromatic N) is 2. The second kappa shape index (κ2) is 10.7. The molecule has 37 heavy (non-hydrogen) atoms. The van der Waals surface area contributed by atoms with Crippen LogP contribution in [-0.4, -0.2) is 29.9 Å². The number of nitrogens with one attached hydrogen (secondary N) is 1. The lowest BCUT2D eigenvalue weighted by Gasteiger charge is -2.26. The van der Waals surface area contributed by atoms with E-state index >= 15 is 0 Å². The summed E-state index contributed by atoms with van der Waals surface area (Å²) < 4.78 is 11.1. The van der Waals surface area contributed by atoms with E-state index in [0.717, 1.165) is 4.90 Å². The molecule has 0 spiro atoms. The normalized spacial score (nSPS) is 14.5. The van der Waals surface area contributed by atoms with Crippen molar-refractivity contribution in [2.75, 3.05) is 12.0 Å². The number of rotatable bonds is 7. The summed E-state index contributed by atoms with van der Waals surface area (Å²) in [6, 6.07) is 14.0. The number of non-ortho nitro benzene ring substituents is 1.